The Hall–Kier alpha value is -1.53. The summed E-state index contributed by atoms with van der Waals surface area (Å²) in [4.78, 5) is 6.75. The molecule has 0 saturated heterocycles. The number of nitrogens with zero attached hydrogens (tertiary/aromatic N) is 2. The van der Waals surface area contributed by atoms with Crippen LogP contribution < -0.4 is 10.1 Å². The first-order chi connectivity index (χ1) is 8.86. The van der Waals surface area contributed by atoms with E-state index >= 15 is 0 Å². The SMILES string of the molecule is CCCC(C)COc1cc(NC)nc(C(F)(F)F)n1. The van der Waals surface area contributed by atoms with E-state index in [0.717, 1.165) is 12.8 Å². The molecular weight excluding hydrogens is 259 g/mol. The van der Waals surface area contributed by atoms with Crippen LogP contribution in [0.2, 0.25) is 0 Å². The fraction of sp³-hybridized carbons (Fsp3) is 0.667. The highest BCUT2D eigenvalue weighted by molar-refractivity contribution is 5.38. The van der Waals surface area contributed by atoms with Crippen molar-refractivity contribution < 1.29 is 17.9 Å². The van der Waals surface area contributed by atoms with Gasteiger partial charge in [-0.15, -0.1) is 0 Å². The average molecular weight is 277 g/mol. The molecular formula is C12H18F3N3O. The van der Waals surface area contributed by atoms with Crippen molar-refractivity contribution in [1.29, 1.82) is 0 Å². The molecule has 1 atom stereocenters. The normalized spacial score (nSPS) is 13.2. The summed E-state index contributed by atoms with van der Waals surface area (Å²) in [6.45, 7) is 4.36. The van der Waals surface area contributed by atoms with Gasteiger partial charge in [-0.25, -0.2) is 4.98 Å². The van der Waals surface area contributed by atoms with E-state index in [1.165, 1.54) is 13.1 Å². The van der Waals surface area contributed by atoms with E-state index < -0.39 is 12.0 Å². The number of hydrogen-bond acceptors (Lipinski definition) is 4. The molecule has 0 aliphatic heterocycles. The van der Waals surface area contributed by atoms with Crippen molar-refractivity contribution in [3.8, 4) is 5.88 Å². The van der Waals surface area contributed by atoms with Crippen LogP contribution in [0.25, 0.3) is 0 Å². The number of alkyl halides is 3. The zero-order valence-electron chi connectivity index (χ0n) is 11.2. The number of aromatic nitrogens is 2. The lowest BCUT2D eigenvalue weighted by molar-refractivity contribution is -0.145. The molecule has 0 saturated carbocycles. The van der Waals surface area contributed by atoms with Gasteiger partial charge >= 0.3 is 6.18 Å². The fourth-order valence-corrected chi connectivity index (χ4v) is 1.56. The summed E-state index contributed by atoms with van der Waals surface area (Å²) in [7, 11) is 1.49. The maximum Gasteiger partial charge on any atom is 0.451 e. The molecule has 0 fully saturated rings. The van der Waals surface area contributed by atoms with E-state index in [0.29, 0.717) is 6.61 Å². The van der Waals surface area contributed by atoms with E-state index in [4.69, 9.17) is 4.74 Å². The van der Waals surface area contributed by atoms with E-state index in [1.54, 1.807) is 0 Å². The summed E-state index contributed by atoms with van der Waals surface area (Å²) >= 11 is 0. The van der Waals surface area contributed by atoms with Crippen LogP contribution in [-0.2, 0) is 6.18 Å². The smallest absolute Gasteiger partial charge is 0.451 e. The van der Waals surface area contributed by atoms with Crippen molar-refractivity contribution >= 4 is 5.82 Å². The molecule has 1 aromatic heterocycles. The number of halogens is 3. The molecule has 1 N–H and O–H groups in total. The van der Waals surface area contributed by atoms with Gasteiger partial charge in [-0.2, -0.15) is 18.2 Å². The Kier molecular flexibility index (Phi) is 5.38. The lowest BCUT2D eigenvalue weighted by atomic mass is 10.1. The Bertz CT molecular complexity index is 410. The molecule has 19 heavy (non-hydrogen) atoms. The molecule has 0 aliphatic carbocycles. The second-order valence-electron chi connectivity index (χ2n) is 4.37. The van der Waals surface area contributed by atoms with E-state index in [-0.39, 0.29) is 17.6 Å². The van der Waals surface area contributed by atoms with Crippen LogP contribution in [0.3, 0.4) is 0 Å². The van der Waals surface area contributed by atoms with Crippen LogP contribution in [0, 0.1) is 5.92 Å². The third-order valence-corrected chi connectivity index (χ3v) is 2.51. The van der Waals surface area contributed by atoms with Crippen LogP contribution in [0.5, 0.6) is 5.88 Å². The van der Waals surface area contributed by atoms with Crippen molar-refractivity contribution in [3.63, 3.8) is 0 Å². The molecule has 0 radical (unpaired) electrons. The van der Waals surface area contributed by atoms with Gasteiger partial charge in [-0.3, -0.25) is 0 Å². The summed E-state index contributed by atoms with van der Waals surface area (Å²) in [6.07, 6.45) is -2.63. The predicted molar refractivity (Wildman–Crippen MR) is 66.1 cm³/mol. The molecule has 0 bridgehead atoms. The molecule has 108 valence electrons. The molecule has 1 unspecified atom stereocenters. The minimum Gasteiger partial charge on any atom is -0.477 e. The van der Waals surface area contributed by atoms with Gasteiger partial charge in [0.2, 0.25) is 11.7 Å². The molecule has 7 heteroatoms. The van der Waals surface area contributed by atoms with Crippen LogP contribution >= 0.6 is 0 Å². The fourth-order valence-electron chi connectivity index (χ4n) is 1.56. The number of ether oxygens (including phenoxy) is 1. The first-order valence-corrected chi connectivity index (χ1v) is 6.13. The second kappa shape index (κ2) is 6.58. The molecule has 0 aromatic carbocycles. The Labute approximate surface area is 110 Å². The van der Waals surface area contributed by atoms with Gasteiger partial charge in [-0.05, 0) is 12.3 Å². The Balaban J connectivity index is 2.83. The Morgan fingerprint density at radius 1 is 1.37 bits per heavy atom. The van der Waals surface area contributed by atoms with Crippen LogP contribution in [0.15, 0.2) is 6.07 Å². The van der Waals surface area contributed by atoms with Gasteiger partial charge < -0.3 is 10.1 Å². The molecule has 4 nitrogen and oxygen atoms in total. The van der Waals surface area contributed by atoms with Gasteiger partial charge in [0.1, 0.15) is 5.82 Å². The van der Waals surface area contributed by atoms with E-state index in [9.17, 15) is 13.2 Å². The van der Waals surface area contributed by atoms with E-state index in [2.05, 4.69) is 15.3 Å². The van der Waals surface area contributed by atoms with Crippen LogP contribution in [0.4, 0.5) is 19.0 Å². The van der Waals surface area contributed by atoms with Gasteiger partial charge in [0.05, 0.1) is 6.61 Å². The Morgan fingerprint density at radius 3 is 2.58 bits per heavy atom. The summed E-state index contributed by atoms with van der Waals surface area (Å²) in [5.41, 5.74) is 0. The summed E-state index contributed by atoms with van der Waals surface area (Å²) in [6, 6.07) is 1.36. The minimum atomic E-state index is -4.58. The third-order valence-electron chi connectivity index (χ3n) is 2.51. The lowest BCUT2D eigenvalue weighted by Gasteiger charge is -2.13. The predicted octanol–water partition coefficient (Wildman–Crippen LogP) is 3.35. The second-order valence-corrected chi connectivity index (χ2v) is 4.37. The quantitative estimate of drug-likeness (QED) is 0.866. The summed E-state index contributed by atoms with van der Waals surface area (Å²) < 4.78 is 43.1. The molecule has 0 aliphatic rings. The van der Waals surface area contributed by atoms with Crippen molar-refractivity contribution in [2.75, 3.05) is 19.0 Å². The maximum absolute atomic E-state index is 12.6. The minimum absolute atomic E-state index is 0.0605. The molecule has 1 aromatic rings. The number of nitrogens with one attached hydrogen (secondary N) is 1. The zero-order valence-corrected chi connectivity index (χ0v) is 11.2. The number of anilines is 1. The average Bonchev–Trinajstić information content (AvgIpc) is 2.35. The van der Waals surface area contributed by atoms with Gasteiger partial charge in [0.15, 0.2) is 0 Å². The Morgan fingerprint density at radius 2 is 2.05 bits per heavy atom. The first kappa shape index (κ1) is 15.5. The molecule has 1 rings (SSSR count). The van der Waals surface area contributed by atoms with Crippen molar-refractivity contribution in [3.05, 3.63) is 11.9 Å². The summed E-state index contributed by atoms with van der Waals surface area (Å²) in [5.74, 6) is -0.903. The van der Waals surface area contributed by atoms with Gasteiger partial charge in [0, 0.05) is 13.1 Å². The topological polar surface area (TPSA) is 47.0 Å². The number of hydrogen-bond donors (Lipinski definition) is 1. The monoisotopic (exact) mass is 277 g/mol. The lowest BCUT2D eigenvalue weighted by Crippen LogP contribution is -2.15. The standard InChI is InChI=1S/C12H18F3N3O/c1-4-5-8(2)7-19-10-6-9(16-3)17-11(18-10)12(13,14)15/h6,8H,4-5,7H2,1-3H3,(H,16,17,18). The highest BCUT2D eigenvalue weighted by Crippen LogP contribution is 2.28. The highest BCUT2D eigenvalue weighted by atomic mass is 19.4. The molecule has 0 spiro atoms. The maximum atomic E-state index is 12.6. The van der Waals surface area contributed by atoms with Crippen molar-refractivity contribution in [2.24, 2.45) is 5.92 Å². The zero-order chi connectivity index (χ0) is 14.5. The highest BCUT2D eigenvalue weighted by Gasteiger charge is 2.35. The third kappa shape index (κ3) is 4.92. The first-order valence-electron chi connectivity index (χ1n) is 6.13. The largest absolute Gasteiger partial charge is 0.477 e. The van der Waals surface area contributed by atoms with Gasteiger partial charge in [0.25, 0.3) is 0 Å². The van der Waals surface area contributed by atoms with Crippen molar-refractivity contribution in [1.82, 2.24) is 9.97 Å². The summed E-state index contributed by atoms with van der Waals surface area (Å²) in [5, 5.41) is 2.56. The van der Waals surface area contributed by atoms with Crippen LogP contribution in [0.1, 0.15) is 32.5 Å². The molecule has 1 heterocycles. The van der Waals surface area contributed by atoms with Crippen molar-refractivity contribution in [2.45, 2.75) is 32.9 Å². The van der Waals surface area contributed by atoms with Gasteiger partial charge in [-0.1, -0.05) is 20.3 Å². The molecule has 0 amide bonds. The van der Waals surface area contributed by atoms with Crippen LogP contribution in [-0.4, -0.2) is 23.6 Å². The number of rotatable bonds is 6. The van der Waals surface area contributed by atoms with E-state index in [1.807, 2.05) is 13.8 Å².